The Morgan fingerprint density at radius 2 is 1.00 bits per heavy atom. The molecule has 0 unspecified atom stereocenters. The molecule has 1 saturated carbocycles. The summed E-state index contributed by atoms with van der Waals surface area (Å²) in [5.74, 6) is -40.6. The molecule has 1 N–H and O–H groups in total. The first kappa shape index (κ1) is 25.3. The van der Waals surface area contributed by atoms with Gasteiger partial charge in [-0.2, -0.15) is 43.9 Å². The second-order valence-corrected chi connectivity index (χ2v) is 7.37. The van der Waals surface area contributed by atoms with Crippen molar-refractivity contribution in [2.75, 3.05) is 5.32 Å². The number of rotatable bonds is 2. The Balaban J connectivity index is 2.73. The van der Waals surface area contributed by atoms with Crippen LogP contribution in [0.25, 0.3) is 0 Å². The quantitative estimate of drug-likeness (QED) is 0.242. The molecule has 30 heavy (non-hydrogen) atoms. The standard InChI is InChI=1S/C13H2Cl4F11NO/c14-2-1-3(5(16)6(17)4(2)15)29-7(30)8(18)9(19,20)11(23,24)13(27,28)12(25,26)10(8,21)22/h1H,(H,29,30). The van der Waals surface area contributed by atoms with E-state index in [1.165, 1.54) is 0 Å². The number of benzene rings is 1. The molecule has 1 amide bonds. The zero-order valence-electron chi connectivity index (χ0n) is 13.2. The van der Waals surface area contributed by atoms with Gasteiger partial charge < -0.3 is 5.32 Å². The first-order valence-electron chi connectivity index (χ1n) is 6.87. The highest BCUT2D eigenvalue weighted by molar-refractivity contribution is 6.52. The van der Waals surface area contributed by atoms with Gasteiger partial charge in [0, 0.05) is 0 Å². The molecule has 0 heterocycles. The number of halogens is 15. The molecule has 0 bridgehead atoms. The third-order valence-electron chi connectivity index (χ3n) is 4.11. The lowest BCUT2D eigenvalue weighted by Gasteiger charge is -2.51. The van der Waals surface area contributed by atoms with Crippen molar-refractivity contribution in [3.63, 3.8) is 0 Å². The van der Waals surface area contributed by atoms with E-state index in [1.54, 1.807) is 0 Å². The van der Waals surface area contributed by atoms with Crippen LogP contribution in [0.5, 0.6) is 0 Å². The Morgan fingerprint density at radius 1 is 0.633 bits per heavy atom. The number of amides is 1. The van der Waals surface area contributed by atoms with Crippen molar-refractivity contribution in [3.05, 3.63) is 26.2 Å². The molecule has 0 saturated heterocycles. The van der Waals surface area contributed by atoms with Gasteiger partial charge in [0.25, 0.3) is 5.91 Å². The van der Waals surface area contributed by atoms with Crippen molar-refractivity contribution in [2.24, 2.45) is 0 Å². The minimum absolute atomic E-state index is 0.378. The van der Waals surface area contributed by atoms with Crippen LogP contribution in [0.1, 0.15) is 0 Å². The molecule has 17 heteroatoms. The Bertz CT molecular complexity index is 891. The molecule has 2 rings (SSSR count). The highest BCUT2D eigenvalue weighted by atomic mass is 35.5. The number of anilines is 1. The Kier molecular flexibility index (Phi) is 5.73. The van der Waals surface area contributed by atoms with E-state index in [2.05, 4.69) is 0 Å². The van der Waals surface area contributed by atoms with E-state index >= 15 is 0 Å². The average molecular weight is 539 g/mol. The number of carbonyl (C=O) groups is 1. The maximum atomic E-state index is 14.6. The van der Waals surface area contributed by atoms with Crippen LogP contribution in [-0.2, 0) is 4.79 Å². The predicted octanol–water partition coefficient (Wildman–Crippen LogP) is 7.14. The van der Waals surface area contributed by atoms with Gasteiger partial charge in [0.1, 0.15) is 0 Å². The zero-order chi connectivity index (χ0) is 23.9. The summed E-state index contributed by atoms with van der Waals surface area (Å²) >= 11 is 22.0. The number of hydrogen-bond donors (Lipinski definition) is 1. The van der Waals surface area contributed by atoms with Gasteiger partial charge >= 0.3 is 35.3 Å². The second-order valence-electron chi connectivity index (χ2n) is 5.83. The maximum Gasteiger partial charge on any atom is 0.384 e. The molecule has 0 spiro atoms. The molecule has 1 aliphatic rings. The average Bonchev–Trinajstić information content (AvgIpc) is 2.61. The van der Waals surface area contributed by atoms with E-state index in [0.29, 0.717) is 6.07 Å². The monoisotopic (exact) mass is 537 g/mol. The van der Waals surface area contributed by atoms with Gasteiger partial charge in [-0.15, -0.1) is 0 Å². The summed E-state index contributed by atoms with van der Waals surface area (Å²) in [4.78, 5) is 11.8. The molecule has 1 aromatic carbocycles. The van der Waals surface area contributed by atoms with Crippen LogP contribution in [0.4, 0.5) is 54.0 Å². The Labute approximate surface area is 178 Å². The molecule has 1 aliphatic carbocycles. The minimum atomic E-state index is -7.45. The van der Waals surface area contributed by atoms with Gasteiger partial charge in [-0.3, -0.25) is 4.79 Å². The highest BCUT2D eigenvalue weighted by Gasteiger charge is 3.02. The molecular formula is C13H2Cl4F11NO. The lowest BCUT2D eigenvalue weighted by molar-refractivity contribution is -0.475. The van der Waals surface area contributed by atoms with Crippen LogP contribution < -0.4 is 5.32 Å². The fourth-order valence-electron chi connectivity index (χ4n) is 2.38. The summed E-state index contributed by atoms with van der Waals surface area (Å²) in [5, 5.41) is -2.19. The normalized spacial score (nSPS) is 24.9. The summed E-state index contributed by atoms with van der Waals surface area (Å²) in [5.41, 5.74) is -8.11. The highest BCUT2D eigenvalue weighted by Crippen LogP contribution is 2.69. The number of nitrogens with one attached hydrogen (secondary N) is 1. The van der Waals surface area contributed by atoms with Gasteiger partial charge in [0.2, 0.25) is 0 Å². The summed E-state index contributed by atoms with van der Waals surface area (Å²) < 4.78 is 150. The summed E-state index contributed by atoms with van der Waals surface area (Å²) in [7, 11) is 0. The summed E-state index contributed by atoms with van der Waals surface area (Å²) in [6.45, 7) is 0. The van der Waals surface area contributed by atoms with Crippen LogP contribution in [-0.4, -0.2) is 41.2 Å². The van der Waals surface area contributed by atoms with E-state index < -0.39 is 67.0 Å². The summed E-state index contributed by atoms with van der Waals surface area (Å²) in [6, 6.07) is 0.378. The molecule has 0 aliphatic heterocycles. The van der Waals surface area contributed by atoms with Crippen molar-refractivity contribution in [1.82, 2.24) is 0 Å². The SMILES string of the molecule is O=C(Nc1cc(Cl)c(Cl)c(Cl)c1Cl)C1(F)C(F)(F)C(F)(F)C(F)(F)C(F)(F)C1(F)F. The van der Waals surface area contributed by atoms with Crippen LogP contribution in [0.2, 0.25) is 20.1 Å². The van der Waals surface area contributed by atoms with Gasteiger partial charge in [-0.25, -0.2) is 4.39 Å². The molecule has 2 nitrogen and oxygen atoms in total. The van der Waals surface area contributed by atoms with Gasteiger partial charge in [0.05, 0.1) is 25.8 Å². The number of carbonyl (C=O) groups excluding carboxylic acids is 1. The predicted molar refractivity (Wildman–Crippen MR) is 83.7 cm³/mol. The largest absolute Gasteiger partial charge is 0.384 e. The molecule has 1 fully saturated rings. The Hall–Kier alpha value is -0.920. The number of hydrogen-bond acceptors (Lipinski definition) is 1. The van der Waals surface area contributed by atoms with Crippen LogP contribution in [0.3, 0.4) is 0 Å². The van der Waals surface area contributed by atoms with Crippen LogP contribution in [0, 0.1) is 0 Å². The van der Waals surface area contributed by atoms with E-state index in [-0.39, 0.29) is 0 Å². The third kappa shape index (κ3) is 2.67. The molecule has 0 atom stereocenters. The number of alkyl halides is 11. The topological polar surface area (TPSA) is 29.1 Å². The van der Waals surface area contributed by atoms with Crippen molar-refractivity contribution in [1.29, 1.82) is 0 Å². The zero-order valence-corrected chi connectivity index (χ0v) is 16.2. The van der Waals surface area contributed by atoms with Crippen molar-refractivity contribution >= 4 is 58.0 Å². The molecule has 0 radical (unpaired) electrons. The fraction of sp³-hybridized carbons (Fsp3) is 0.462. The van der Waals surface area contributed by atoms with E-state index in [1.807, 2.05) is 0 Å². The summed E-state index contributed by atoms with van der Waals surface area (Å²) in [6.07, 6.45) is 0. The molecule has 170 valence electrons. The van der Waals surface area contributed by atoms with Gasteiger partial charge in [-0.05, 0) is 6.07 Å². The van der Waals surface area contributed by atoms with Crippen molar-refractivity contribution in [3.8, 4) is 0 Å². The molecule has 0 aromatic heterocycles. The first-order chi connectivity index (χ1) is 13.1. The second kappa shape index (κ2) is 6.79. The van der Waals surface area contributed by atoms with Crippen LogP contribution in [0.15, 0.2) is 6.07 Å². The smallest absolute Gasteiger partial charge is 0.321 e. The molecule has 1 aromatic rings. The van der Waals surface area contributed by atoms with E-state index in [4.69, 9.17) is 46.4 Å². The van der Waals surface area contributed by atoms with Gasteiger partial charge in [-0.1, -0.05) is 46.4 Å². The Morgan fingerprint density at radius 3 is 1.40 bits per heavy atom. The maximum absolute atomic E-state index is 14.6. The van der Waals surface area contributed by atoms with E-state index in [9.17, 15) is 53.1 Å². The van der Waals surface area contributed by atoms with Crippen LogP contribution >= 0.6 is 46.4 Å². The van der Waals surface area contributed by atoms with Gasteiger partial charge in [0.15, 0.2) is 0 Å². The van der Waals surface area contributed by atoms with Crippen molar-refractivity contribution < 1.29 is 53.1 Å². The van der Waals surface area contributed by atoms with E-state index in [0.717, 1.165) is 5.32 Å². The lowest BCUT2D eigenvalue weighted by Crippen LogP contribution is -2.86. The minimum Gasteiger partial charge on any atom is -0.321 e. The first-order valence-corrected chi connectivity index (χ1v) is 8.38. The lowest BCUT2D eigenvalue weighted by atomic mass is 9.71. The third-order valence-corrected chi connectivity index (χ3v) is 5.86. The van der Waals surface area contributed by atoms with Crippen molar-refractivity contribution in [2.45, 2.75) is 35.3 Å². The molecular weight excluding hydrogens is 537 g/mol. The fourth-order valence-corrected chi connectivity index (χ4v) is 3.23.